The molecule has 3 amide bonds. The first-order valence-corrected chi connectivity index (χ1v) is 8.20. The maximum absolute atomic E-state index is 12.7. The zero-order chi connectivity index (χ0) is 17.1. The summed E-state index contributed by atoms with van der Waals surface area (Å²) >= 11 is 0. The number of anilines is 1. The predicted molar refractivity (Wildman–Crippen MR) is 89.3 cm³/mol. The first-order valence-electron chi connectivity index (χ1n) is 8.20. The summed E-state index contributed by atoms with van der Waals surface area (Å²) in [7, 11) is 1.61. The highest BCUT2D eigenvalue weighted by molar-refractivity contribution is 6.00. The highest BCUT2D eigenvalue weighted by atomic mass is 16.5. The second kappa shape index (κ2) is 7.09. The Hall–Kier alpha value is -2.28. The van der Waals surface area contributed by atoms with Gasteiger partial charge >= 0.3 is 6.03 Å². The Morgan fingerprint density at radius 3 is 2.42 bits per heavy atom. The number of methoxy groups -OCH3 is 1. The van der Waals surface area contributed by atoms with Crippen LogP contribution >= 0.6 is 0 Å². The number of ether oxygens (including phenoxy) is 2. The predicted octanol–water partition coefficient (Wildman–Crippen LogP) is 1.18. The molecule has 2 heterocycles. The zero-order valence-corrected chi connectivity index (χ0v) is 14.1. The fourth-order valence-electron chi connectivity index (χ4n) is 3.09. The van der Waals surface area contributed by atoms with Crippen molar-refractivity contribution in [2.75, 3.05) is 51.4 Å². The molecule has 2 fully saturated rings. The maximum Gasteiger partial charge on any atom is 0.320 e. The lowest BCUT2D eigenvalue weighted by Gasteiger charge is -2.41. The van der Waals surface area contributed by atoms with Crippen LogP contribution in [0.4, 0.5) is 10.5 Å². The van der Waals surface area contributed by atoms with Crippen LogP contribution in [-0.4, -0.2) is 74.3 Å². The summed E-state index contributed by atoms with van der Waals surface area (Å²) in [4.78, 5) is 30.5. The van der Waals surface area contributed by atoms with Gasteiger partial charge in [-0.15, -0.1) is 0 Å². The Morgan fingerprint density at radius 1 is 1.12 bits per heavy atom. The van der Waals surface area contributed by atoms with Gasteiger partial charge in [0.2, 0.25) is 5.91 Å². The van der Waals surface area contributed by atoms with Crippen LogP contribution in [0.3, 0.4) is 0 Å². The SMILES string of the molecule is COc1ccc(N2CCN(C(=O)N3CCOCC3)C(C)C2=O)cc1. The van der Waals surface area contributed by atoms with Crippen molar-refractivity contribution in [3.05, 3.63) is 24.3 Å². The molecule has 0 saturated carbocycles. The minimum atomic E-state index is -0.476. The molecule has 1 unspecified atom stereocenters. The number of morpholine rings is 1. The Bertz CT molecular complexity index is 598. The number of rotatable bonds is 2. The van der Waals surface area contributed by atoms with Gasteiger partial charge in [-0.3, -0.25) is 4.79 Å². The number of carbonyl (C=O) groups excluding carboxylic acids is 2. The van der Waals surface area contributed by atoms with Crippen LogP contribution in [0.25, 0.3) is 0 Å². The Balaban J connectivity index is 1.69. The molecule has 0 N–H and O–H groups in total. The smallest absolute Gasteiger partial charge is 0.320 e. The summed E-state index contributed by atoms with van der Waals surface area (Å²) in [5.74, 6) is 0.688. The van der Waals surface area contributed by atoms with Crippen LogP contribution < -0.4 is 9.64 Å². The number of piperazine rings is 1. The lowest BCUT2D eigenvalue weighted by Crippen LogP contribution is -2.61. The Labute approximate surface area is 141 Å². The van der Waals surface area contributed by atoms with Gasteiger partial charge in [-0.25, -0.2) is 4.79 Å². The molecule has 0 aliphatic carbocycles. The quantitative estimate of drug-likeness (QED) is 0.815. The van der Waals surface area contributed by atoms with Crippen molar-refractivity contribution >= 4 is 17.6 Å². The van der Waals surface area contributed by atoms with Gasteiger partial charge in [0.25, 0.3) is 0 Å². The molecule has 1 aromatic carbocycles. The average Bonchev–Trinajstić information content (AvgIpc) is 2.64. The monoisotopic (exact) mass is 333 g/mol. The van der Waals surface area contributed by atoms with Crippen LogP contribution in [-0.2, 0) is 9.53 Å². The second-order valence-corrected chi connectivity index (χ2v) is 5.94. The number of nitrogens with zero attached hydrogens (tertiary/aromatic N) is 3. The highest BCUT2D eigenvalue weighted by Crippen LogP contribution is 2.23. The molecule has 1 aromatic rings. The van der Waals surface area contributed by atoms with Gasteiger partial charge in [-0.1, -0.05) is 0 Å². The molecule has 130 valence electrons. The molecule has 0 bridgehead atoms. The first kappa shape index (κ1) is 16.6. The molecule has 1 atom stereocenters. The van der Waals surface area contributed by atoms with E-state index in [4.69, 9.17) is 9.47 Å². The number of carbonyl (C=O) groups is 2. The summed E-state index contributed by atoms with van der Waals surface area (Å²) in [6, 6.07) is 6.84. The number of hydrogen-bond donors (Lipinski definition) is 0. The van der Waals surface area contributed by atoms with E-state index in [1.807, 2.05) is 24.3 Å². The minimum absolute atomic E-state index is 0.0620. The van der Waals surface area contributed by atoms with Gasteiger partial charge < -0.3 is 24.2 Å². The van der Waals surface area contributed by atoms with Crippen LogP contribution in [0, 0.1) is 0 Å². The minimum Gasteiger partial charge on any atom is -0.497 e. The fraction of sp³-hybridized carbons (Fsp3) is 0.529. The van der Waals surface area contributed by atoms with Crippen LogP contribution in [0.2, 0.25) is 0 Å². The van der Waals surface area contributed by atoms with Gasteiger partial charge in [-0.2, -0.15) is 0 Å². The highest BCUT2D eigenvalue weighted by Gasteiger charge is 2.37. The van der Waals surface area contributed by atoms with Crippen molar-refractivity contribution in [2.24, 2.45) is 0 Å². The summed E-state index contributed by atoms with van der Waals surface area (Å²) in [6.07, 6.45) is 0. The van der Waals surface area contributed by atoms with Crippen LogP contribution in [0.1, 0.15) is 6.92 Å². The van der Waals surface area contributed by atoms with Gasteiger partial charge in [-0.05, 0) is 31.2 Å². The second-order valence-electron chi connectivity index (χ2n) is 5.94. The third-order valence-corrected chi connectivity index (χ3v) is 4.57. The van der Waals surface area contributed by atoms with Crippen molar-refractivity contribution < 1.29 is 19.1 Å². The molecule has 2 saturated heterocycles. The Morgan fingerprint density at radius 2 is 1.79 bits per heavy atom. The molecule has 2 aliphatic rings. The molecule has 3 rings (SSSR count). The number of amides is 3. The first-order chi connectivity index (χ1) is 11.6. The average molecular weight is 333 g/mol. The lowest BCUT2D eigenvalue weighted by atomic mass is 10.1. The van der Waals surface area contributed by atoms with Crippen molar-refractivity contribution in [3.63, 3.8) is 0 Å². The molecule has 7 heteroatoms. The number of hydrogen-bond acceptors (Lipinski definition) is 4. The molecular formula is C17H23N3O4. The van der Waals surface area contributed by atoms with E-state index < -0.39 is 6.04 Å². The van der Waals surface area contributed by atoms with Crippen molar-refractivity contribution in [1.82, 2.24) is 9.80 Å². The van der Waals surface area contributed by atoms with Crippen molar-refractivity contribution in [1.29, 1.82) is 0 Å². The molecular weight excluding hydrogens is 310 g/mol. The molecule has 2 aliphatic heterocycles. The largest absolute Gasteiger partial charge is 0.497 e. The van der Waals surface area contributed by atoms with E-state index in [1.54, 1.807) is 28.7 Å². The van der Waals surface area contributed by atoms with Gasteiger partial charge in [0.15, 0.2) is 0 Å². The zero-order valence-electron chi connectivity index (χ0n) is 14.1. The van der Waals surface area contributed by atoms with E-state index in [0.717, 1.165) is 11.4 Å². The van der Waals surface area contributed by atoms with E-state index in [9.17, 15) is 9.59 Å². The summed E-state index contributed by atoms with van der Waals surface area (Å²) < 4.78 is 10.4. The normalized spacial score (nSPS) is 21.8. The van der Waals surface area contributed by atoms with Crippen LogP contribution in [0.5, 0.6) is 5.75 Å². The van der Waals surface area contributed by atoms with Crippen molar-refractivity contribution in [3.8, 4) is 5.75 Å². The number of benzene rings is 1. The van der Waals surface area contributed by atoms with Gasteiger partial charge in [0.1, 0.15) is 11.8 Å². The van der Waals surface area contributed by atoms with Gasteiger partial charge in [0.05, 0.1) is 20.3 Å². The van der Waals surface area contributed by atoms with E-state index in [-0.39, 0.29) is 11.9 Å². The van der Waals surface area contributed by atoms with E-state index in [0.29, 0.717) is 39.4 Å². The van der Waals surface area contributed by atoms with Gasteiger partial charge in [0, 0.05) is 31.9 Å². The lowest BCUT2D eigenvalue weighted by molar-refractivity contribution is -0.124. The molecule has 24 heavy (non-hydrogen) atoms. The fourth-order valence-corrected chi connectivity index (χ4v) is 3.09. The third-order valence-electron chi connectivity index (χ3n) is 4.57. The standard InChI is InChI=1S/C17H23N3O4/c1-13-16(21)20(14-3-5-15(23-2)6-4-14)8-7-19(13)17(22)18-9-11-24-12-10-18/h3-6,13H,7-12H2,1-2H3. The van der Waals surface area contributed by atoms with E-state index >= 15 is 0 Å². The summed E-state index contributed by atoms with van der Waals surface area (Å²) in [6.45, 7) is 5.08. The third kappa shape index (κ3) is 3.17. The van der Waals surface area contributed by atoms with E-state index in [1.165, 1.54) is 0 Å². The van der Waals surface area contributed by atoms with Crippen LogP contribution in [0.15, 0.2) is 24.3 Å². The molecule has 7 nitrogen and oxygen atoms in total. The van der Waals surface area contributed by atoms with E-state index in [2.05, 4.69) is 0 Å². The molecule has 0 spiro atoms. The Kier molecular flexibility index (Phi) is 4.89. The topological polar surface area (TPSA) is 62.3 Å². The molecule has 0 radical (unpaired) electrons. The number of urea groups is 1. The van der Waals surface area contributed by atoms with Crippen molar-refractivity contribution in [2.45, 2.75) is 13.0 Å². The maximum atomic E-state index is 12.7. The molecule has 0 aromatic heterocycles. The summed E-state index contributed by atoms with van der Waals surface area (Å²) in [5.41, 5.74) is 0.825. The summed E-state index contributed by atoms with van der Waals surface area (Å²) in [5, 5.41) is 0.